The summed E-state index contributed by atoms with van der Waals surface area (Å²) in [4.78, 5) is 17.4. The molecule has 1 aliphatic rings. The molecule has 5 nitrogen and oxygen atoms in total. The highest BCUT2D eigenvalue weighted by atomic mass is 79.9. The van der Waals surface area contributed by atoms with Gasteiger partial charge in [-0.05, 0) is 11.6 Å². The van der Waals surface area contributed by atoms with E-state index in [4.69, 9.17) is 0 Å². The molecule has 0 saturated heterocycles. The summed E-state index contributed by atoms with van der Waals surface area (Å²) in [5.74, 6) is 0.530. The standard InChI is InChI=1S/C12H14BrN3O2/c1-16-10(8-5-3-4-6-9(8)13)7-14-11(16)15-12(17)18-2/h3-6,10H,7H2,1-2H3,(H,14,15,17). The SMILES string of the molecule is COC(=O)NC1=NCC(c2ccccc2Br)N1C. The molecule has 96 valence electrons. The zero-order chi connectivity index (χ0) is 13.1. The molecular weight excluding hydrogens is 298 g/mol. The van der Waals surface area contributed by atoms with Crippen molar-refractivity contribution in [3.63, 3.8) is 0 Å². The molecule has 0 saturated carbocycles. The lowest BCUT2D eigenvalue weighted by molar-refractivity contribution is 0.175. The van der Waals surface area contributed by atoms with E-state index in [1.807, 2.05) is 36.2 Å². The Hall–Kier alpha value is -1.56. The molecule has 0 spiro atoms. The molecule has 2 rings (SSSR count). The summed E-state index contributed by atoms with van der Waals surface area (Å²) in [6, 6.07) is 8.11. The van der Waals surface area contributed by atoms with E-state index in [1.54, 1.807) is 0 Å². The largest absolute Gasteiger partial charge is 0.453 e. The van der Waals surface area contributed by atoms with Crippen LogP contribution in [0.3, 0.4) is 0 Å². The van der Waals surface area contributed by atoms with Crippen molar-refractivity contribution in [1.82, 2.24) is 10.2 Å². The number of hydrogen-bond donors (Lipinski definition) is 1. The number of hydrogen-bond acceptors (Lipinski definition) is 4. The van der Waals surface area contributed by atoms with Gasteiger partial charge in [0.15, 0.2) is 0 Å². The lowest BCUT2D eigenvalue weighted by Crippen LogP contribution is -2.40. The number of methoxy groups -OCH3 is 1. The Morgan fingerprint density at radius 3 is 2.94 bits per heavy atom. The number of guanidine groups is 1. The highest BCUT2D eigenvalue weighted by molar-refractivity contribution is 9.10. The quantitative estimate of drug-likeness (QED) is 0.864. The molecule has 1 aromatic carbocycles. The molecule has 1 aromatic rings. The summed E-state index contributed by atoms with van der Waals surface area (Å²) in [5.41, 5.74) is 1.14. The third-order valence-electron chi connectivity index (χ3n) is 2.88. The van der Waals surface area contributed by atoms with Crippen LogP contribution in [0.25, 0.3) is 0 Å². The number of nitrogens with one attached hydrogen (secondary N) is 1. The van der Waals surface area contributed by atoms with Crippen molar-refractivity contribution in [2.24, 2.45) is 4.99 Å². The first-order valence-corrected chi connectivity index (χ1v) is 6.29. The number of aliphatic imine (C=N–C) groups is 1. The van der Waals surface area contributed by atoms with Crippen molar-refractivity contribution >= 4 is 28.0 Å². The average Bonchev–Trinajstić information content (AvgIpc) is 2.72. The van der Waals surface area contributed by atoms with Gasteiger partial charge in [0.25, 0.3) is 0 Å². The fourth-order valence-electron chi connectivity index (χ4n) is 1.88. The third-order valence-corrected chi connectivity index (χ3v) is 3.60. The van der Waals surface area contributed by atoms with Crippen LogP contribution in [0.15, 0.2) is 33.7 Å². The number of carbonyl (C=O) groups excluding carboxylic acids is 1. The van der Waals surface area contributed by atoms with Crippen LogP contribution in [-0.2, 0) is 4.74 Å². The predicted molar refractivity (Wildman–Crippen MR) is 72.5 cm³/mol. The van der Waals surface area contributed by atoms with Crippen molar-refractivity contribution in [2.45, 2.75) is 6.04 Å². The first-order chi connectivity index (χ1) is 8.63. The number of amides is 1. The molecule has 0 aromatic heterocycles. The van der Waals surface area contributed by atoms with Crippen LogP contribution >= 0.6 is 15.9 Å². The number of alkyl carbamates (subject to hydrolysis) is 1. The van der Waals surface area contributed by atoms with Crippen LogP contribution < -0.4 is 5.32 Å². The van der Waals surface area contributed by atoms with Crippen LogP contribution in [0, 0.1) is 0 Å². The minimum atomic E-state index is -0.506. The van der Waals surface area contributed by atoms with Gasteiger partial charge in [-0.2, -0.15) is 0 Å². The van der Waals surface area contributed by atoms with Gasteiger partial charge in [0.05, 0.1) is 19.7 Å². The summed E-state index contributed by atoms with van der Waals surface area (Å²) in [5, 5.41) is 2.60. The first kappa shape index (κ1) is 12.9. The minimum Gasteiger partial charge on any atom is -0.453 e. The number of carbonyl (C=O) groups is 1. The fraction of sp³-hybridized carbons (Fsp3) is 0.333. The normalized spacial score (nSPS) is 18.5. The Labute approximate surface area is 114 Å². The summed E-state index contributed by atoms with van der Waals surface area (Å²) in [6.45, 7) is 0.610. The molecule has 6 heteroatoms. The second kappa shape index (κ2) is 5.39. The number of rotatable bonds is 1. The van der Waals surface area contributed by atoms with E-state index in [-0.39, 0.29) is 6.04 Å². The molecule has 18 heavy (non-hydrogen) atoms. The second-order valence-electron chi connectivity index (χ2n) is 3.93. The summed E-state index contributed by atoms with van der Waals surface area (Å²) in [6.07, 6.45) is -0.506. The Morgan fingerprint density at radius 2 is 2.28 bits per heavy atom. The zero-order valence-electron chi connectivity index (χ0n) is 10.2. The van der Waals surface area contributed by atoms with Crippen molar-refractivity contribution in [3.05, 3.63) is 34.3 Å². The maximum atomic E-state index is 11.2. The molecule has 0 fully saturated rings. The molecule has 1 unspecified atom stereocenters. The van der Waals surface area contributed by atoms with Gasteiger partial charge in [-0.3, -0.25) is 10.3 Å². The Kier molecular flexibility index (Phi) is 3.86. The summed E-state index contributed by atoms with van der Waals surface area (Å²) < 4.78 is 5.60. The molecular formula is C12H14BrN3O2. The van der Waals surface area contributed by atoms with Crippen molar-refractivity contribution in [1.29, 1.82) is 0 Å². The highest BCUT2D eigenvalue weighted by Gasteiger charge is 2.28. The van der Waals surface area contributed by atoms with Gasteiger partial charge < -0.3 is 9.64 Å². The van der Waals surface area contributed by atoms with Gasteiger partial charge in [0, 0.05) is 11.5 Å². The van der Waals surface area contributed by atoms with E-state index in [0.29, 0.717) is 12.5 Å². The van der Waals surface area contributed by atoms with E-state index in [0.717, 1.165) is 10.0 Å². The van der Waals surface area contributed by atoms with Crippen LogP contribution in [0.4, 0.5) is 4.79 Å². The van der Waals surface area contributed by atoms with E-state index in [9.17, 15) is 4.79 Å². The van der Waals surface area contributed by atoms with Crippen molar-refractivity contribution in [2.75, 3.05) is 20.7 Å². The van der Waals surface area contributed by atoms with Crippen molar-refractivity contribution < 1.29 is 9.53 Å². The summed E-state index contributed by atoms with van der Waals surface area (Å²) >= 11 is 3.53. The van der Waals surface area contributed by atoms with E-state index in [1.165, 1.54) is 7.11 Å². The van der Waals surface area contributed by atoms with Gasteiger partial charge >= 0.3 is 6.09 Å². The maximum Gasteiger partial charge on any atom is 0.413 e. The number of likely N-dealkylation sites (N-methyl/N-ethyl adjacent to an activating group) is 1. The van der Waals surface area contributed by atoms with Crippen molar-refractivity contribution in [3.8, 4) is 0 Å². The molecule has 1 atom stereocenters. The maximum absolute atomic E-state index is 11.2. The topological polar surface area (TPSA) is 53.9 Å². The van der Waals surface area contributed by atoms with Gasteiger partial charge in [-0.25, -0.2) is 4.79 Å². The Morgan fingerprint density at radius 1 is 1.56 bits per heavy atom. The molecule has 0 bridgehead atoms. The van der Waals surface area contributed by atoms with Crippen LogP contribution in [-0.4, -0.2) is 37.7 Å². The molecule has 0 radical (unpaired) electrons. The van der Waals surface area contributed by atoms with Crippen LogP contribution in [0.5, 0.6) is 0 Å². The van der Waals surface area contributed by atoms with Crippen LogP contribution in [0.2, 0.25) is 0 Å². The monoisotopic (exact) mass is 311 g/mol. The van der Waals surface area contributed by atoms with Gasteiger partial charge in [-0.15, -0.1) is 0 Å². The minimum absolute atomic E-state index is 0.118. The van der Waals surface area contributed by atoms with Crippen LogP contribution in [0.1, 0.15) is 11.6 Å². The van der Waals surface area contributed by atoms with E-state index < -0.39 is 6.09 Å². The third kappa shape index (κ3) is 2.48. The zero-order valence-corrected chi connectivity index (χ0v) is 11.8. The second-order valence-corrected chi connectivity index (χ2v) is 4.78. The molecule has 1 amide bonds. The van der Waals surface area contributed by atoms with E-state index in [2.05, 4.69) is 31.0 Å². The smallest absolute Gasteiger partial charge is 0.413 e. The molecule has 0 aliphatic carbocycles. The van der Waals surface area contributed by atoms with E-state index >= 15 is 0 Å². The number of halogens is 1. The fourth-order valence-corrected chi connectivity index (χ4v) is 2.43. The lowest BCUT2D eigenvalue weighted by Gasteiger charge is -2.24. The molecule has 1 aliphatic heterocycles. The van der Waals surface area contributed by atoms with Gasteiger partial charge in [0.1, 0.15) is 0 Å². The molecule has 1 heterocycles. The first-order valence-electron chi connectivity index (χ1n) is 5.50. The number of nitrogens with zero attached hydrogens (tertiary/aromatic N) is 2. The summed E-state index contributed by atoms with van der Waals surface area (Å²) in [7, 11) is 3.22. The Bertz CT molecular complexity index is 490. The Balaban J connectivity index is 2.13. The molecule has 1 N–H and O–H groups in total. The lowest BCUT2D eigenvalue weighted by atomic mass is 10.1. The van der Waals surface area contributed by atoms with Gasteiger partial charge in [0.2, 0.25) is 5.96 Å². The van der Waals surface area contributed by atoms with Gasteiger partial charge in [-0.1, -0.05) is 34.1 Å². The predicted octanol–water partition coefficient (Wildman–Crippen LogP) is 2.15. The highest BCUT2D eigenvalue weighted by Crippen LogP contribution is 2.30. The number of benzene rings is 1. The average molecular weight is 312 g/mol. The number of ether oxygens (including phenoxy) is 1.